The number of allylic oxidation sites excluding steroid dienone is 1. The number of carbonyl (C=O) groups excluding carboxylic acids is 3. The lowest BCUT2D eigenvalue weighted by Crippen LogP contribution is -2.34. The fourth-order valence-corrected chi connectivity index (χ4v) is 4.84. The Labute approximate surface area is 212 Å². The number of primary amides is 1. The first-order valence-electron chi connectivity index (χ1n) is 11.7. The number of hydrogen-bond donors (Lipinski definition) is 2. The van der Waals surface area contributed by atoms with Crippen molar-refractivity contribution in [2.75, 3.05) is 36.0 Å². The molecule has 0 aromatic heterocycles. The van der Waals surface area contributed by atoms with E-state index < -0.39 is 42.2 Å². The van der Waals surface area contributed by atoms with Gasteiger partial charge in [0.15, 0.2) is 0 Å². The van der Waals surface area contributed by atoms with Gasteiger partial charge in [0.1, 0.15) is 0 Å². The van der Waals surface area contributed by atoms with Crippen LogP contribution in [0.25, 0.3) is 5.57 Å². The summed E-state index contributed by atoms with van der Waals surface area (Å²) in [5.74, 6) is -5.03. The maximum absolute atomic E-state index is 15.2. The number of benzene rings is 2. The summed E-state index contributed by atoms with van der Waals surface area (Å²) in [5.41, 5.74) is 5.88. The molecule has 3 amide bonds. The lowest BCUT2D eigenvalue weighted by molar-refractivity contribution is -0.122. The Morgan fingerprint density at radius 3 is 2.61 bits per heavy atom. The van der Waals surface area contributed by atoms with Crippen molar-refractivity contribution in [3.05, 3.63) is 64.7 Å². The Morgan fingerprint density at radius 1 is 1.19 bits per heavy atom. The summed E-state index contributed by atoms with van der Waals surface area (Å²) >= 11 is 6.52. The molecule has 2 aliphatic rings. The molecule has 2 heterocycles. The summed E-state index contributed by atoms with van der Waals surface area (Å²) in [7, 11) is 0. The summed E-state index contributed by atoms with van der Waals surface area (Å²) in [5, 5.41) is 2.43. The molecule has 10 heteroatoms. The van der Waals surface area contributed by atoms with E-state index in [4.69, 9.17) is 17.3 Å². The third-order valence-electron chi connectivity index (χ3n) is 6.46. The van der Waals surface area contributed by atoms with Gasteiger partial charge in [-0.05, 0) is 36.6 Å². The van der Waals surface area contributed by atoms with Gasteiger partial charge >= 0.3 is 0 Å². The van der Waals surface area contributed by atoms with E-state index in [1.807, 2.05) is 6.07 Å². The minimum absolute atomic E-state index is 0.0429. The SMILES string of the molecule is C[C@H]1CCN(c2ccc(C(=O)N3CCC(F)(F)C(=CC(=O)NCC(N)=O)c4ccccc43)c(Cl)c2)C1. The number of para-hydroxylation sites is 1. The molecule has 4 rings (SSSR count). The largest absolute Gasteiger partial charge is 0.371 e. The quantitative estimate of drug-likeness (QED) is 0.590. The van der Waals surface area contributed by atoms with Gasteiger partial charge in [-0.2, -0.15) is 0 Å². The van der Waals surface area contributed by atoms with Crippen LogP contribution < -0.4 is 20.9 Å². The van der Waals surface area contributed by atoms with E-state index in [1.165, 1.54) is 11.0 Å². The van der Waals surface area contributed by atoms with Gasteiger partial charge in [0.25, 0.3) is 11.8 Å². The van der Waals surface area contributed by atoms with Gasteiger partial charge in [-0.15, -0.1) is 0 Å². The molecule has 190 valence electrons. The van der Waals surface area contributed by atoms with Crippen molar-refractivity contribution in [2.45, 2.75) is 25.7 Å². The highest BCUT2D eigenvalue weighted by molar-refractivity contribution is 6.35. The topological polar surface area (TPSA) is 95.7 Å². The number of carbonyl (C=O) groups is 3. The van der Waals surface area contributed by atoms with Gasteiger partial charge in [0, 0.05) is 49.0 Å². The Kier molecular flexibility index (Phi) is 7.31. The van der Waals surface area contributed by atoms with Crippen molar-refractivity contribution in [3.63, 3.8) is 0 Å². The number of alkyl halides is 2. The third-order valence-corrected chi connectivity index (χ3v) is 6.77. The standard InChI is InChI=1S/C26H27ClF2N4O3/c1-16-8-10-32(15-16)17-6-7-19(21(27)12-17)25(36)33-11-9-26(28,29)20(13-24(35)31-14-23(30)34)18-4-2-3-5-22(18)33/h2-7,12-13,16H,8-11,14-15H2,1H3,(H2,30,34)(H,31,35)/t16-/m0/s1. The normalized spacial score (nSPS) is 20.1. The molecule has 2 aliphatic heterocycles. The number of fused-ring (bicyclic) bond motifs is 1. The van der Waals surface area contributed by atoms with Crippen LogP contribution in [-0.2, 0) is 9.59 Å². The molecule has 0 bridgehead atoms. The molecule has 36 heavy (non-hydrogen) atoms. The molecule has 0 unspecified atom stereocenters. The molecule has 1 fully saturated rings. The number of nitrogens with zero attached hydrogens (tertiary/aromatic N) is 2. The predicted molar refractivity (Wildman–Crippen MR) is 135 cm³/mol. The average Bonchev–Trinajstić information content (AvgIpc) is 3.23. The molecule has 2 aromatic carbocycles. The Hall–Kier alpha value is -3.46. The van der Waals surface area contributed by atoms with Crippen LogP contribution in [0.4, 0.5) is 20.2 Å². The first-order chi connectivity index (χ1) is 17.1. The molecule has 0 spiro atoms. The van der Waals surface area contributed by atoms with Crippen molar-refractivity contribution in [1.29, 1.82) is 0 Å². The molecule has 0 aliphatic carbocycles. The van der Waals surface area contributed by atoms with Crippen LogP contribution in [0.5, 0.6) is 0 Å². The van der Waals surface area contributed by atoms with E-state index in [0.717, 1.165) is 31.3 Å². The maximum atomic E-state index is 15.2. The van der Waals surface area contributed by atoms with Gasteiger partial charge in [0.05, 0.1) is 22.8 Å². The van der Waals surface area contributed by atoms with Gasteiger partial charge in [-0.3, -0.25) is 14.4 Å². The molecule has 7 nitrogen and oxygen atoms in total. The summed E-state index contributed by atoms with van der Waals surface area (Å²) < 4.78 is 30.5. The van der Waals surface area contributed by atoms with E-state index in [0.29, 0.717) is 5.92 Å². The van der Waals surface area contributed by atoms with E-state index >= 15 is 8.78 Å². The molecule has 2 aromatic rings. The van der Waals surface area contributed by atoms with Crippen molar-refractivity contribution in [2.24, 2.45) is 11.7 Å². The minimum Gasteiger partial charge on any atom is -0.371 e. The zero-order valence-electron chi connectivity index (χ0n) is 19.8. The highest BCUT2D eigenvalue weighted by atomic mass is 35.5. The summed E-state index contributed by atoms with van der Waals surface area (Å²) in [6.07, 6.45) is 1.13. The zero-order valence-corrected chi connectivity index (χ0v) is 20.5. The van der Waals surface area contributed by atoms with Crippen LogP contribution in [0, 0.1) is 5.92 Å². The van der Waals surface area contributed by atoms with Crippen LogP contribution in [0.3, 0.4) is 0 Å². The Balaban J connectivity index is 1.68. The first-order valence-corrected chi connectivity index (χ1v) is 12.1. The smallest absolute Gasteiger partial charge is 0.275 e. The molecular weight excluding hydrogens is 490 g/mol. The summed E-state index contributed by atoms with van der Waals surface area (Å²) in [6, 6.07) is 11.4. The number of halogens is 3. The van der Waals surface area contributed by atoms with Gasteiger partial charge in [0.2, 0.25) is 11.8 Å². The highest BCUT2D eigenvalue weighted by Gasteiger charge is 2.41. The minimum atomic E-state index is -3.41. The molecular formula is C26H27ClF2N4O3. The van der Waals surface area contributed by atoms with Crippen molar-refractivity contribution in [3.8, 4) is 0 Å². The summed E-state index contributed by atoms with van der Waals surface area (Å²) in [4.78, 5) is 40.2. The Morgan fingerprint density at radius 2 is 1.94 bits per heavy atom. The van der Waals surface area contributed by atoms with Gasteiger partial charge in [-0.25, -0.2) is 8.78 Å². The van der Waals surface area contributed by atoms with Crippen LogP contribution in [0.2, 0.25) is 5.02 Å². The number of hydrogen-bond acceptors (Lipinski definition) is 4. The number of nitrogens with one attached hydrogen (secondary N) is 1. The fourth-order valence-electron chi connectivity index (χ4n) is 4.58. The maximum Gasteiger partial charge on any atom is 0.275 e. The van der Waals surface area contributed by atoms with Crippen LogP contribution in [0.1, 0.15) is 35.7 Å². The predicted octanol–water partition coefficient (Wildman–Crippen LogP) is 3.86. The molecule has 3 N–H and O–H groups in total. The van der Waals surface area contributed by atoms with E-state index in [-0.39, 0.29) is 28.4 Å². The van der Waals surface area contributed by atoms with Crippen LogP contribution in [0.15, 0.2) is 48.5 Å². The zero-order chi connectivity index (χ0) is 26.0. The molecule has 1 atom stereocenters. The van der Waals surface area contributed by atoms with Crippen molar-refractivity contribution in [1.82, 2.24) is 5.32 Å². The highest BCUT2D eigenvalue weighted by Crippen LogP contribution is 2.43. The first kappa shape index (κ1) is 25.6. The second-order valence-electron chi connectivity index (χ2n) is 9.17. The fraction of sp³-hybridized carbons (Fsp3) is 0.346. The average molecular weight is 517 g/mol. The lowest BCUT2D eigenvalue weighted by Gasteiger charge is -2.24. The third kappa shape index (κ3) is 5.36. The second-order valence-corrected chi connectivity index (χ2v) is 9.58. The van der Waals surface area contributed by atoms with E-state index in [2.05, 4.69) is 17.1 Å². The van der Waals surface area contributed by atoms with Gasteiger partial charge in [-0.1, -0.05) is 36.7 Å². The van der Waals surface area contributed by atoms with Crippen molar-refractivity contribution >= 4 is 46.3 Å². The second kappa shape index (κ2) is 10.3. The number of amides is 3. The number of anilines is 2. The Bertz CT molecular complexity index is 1230. The van der Waals surface area contributed by atoms with E-state index in [9.17, 15) is 14.4 Å². The number of nitrogens with two attached hydrogens (primary N) is 1. The molecule has 0 saturated carbocycles. The summed E-state index contributed by atoms with van der Waals surface area (Å²) in [6.45, 7) is 3.22. The molecule has 0 radical (unpaired) electrons. The van der Waals surface area contributed by atoms with Crippen LogP contribution >= 0.6 is 11.6 Å². The molecule has 1 saturated heterocycles. The van der Waals surface area contributed by atoms with E-state index in [1.54, 1.807) is 30.3 Å². The van der Waals surface area contributed by atoms with Gasteiger partial charge < -0.3 is 20.9 Å². The number of rotatable bonds is 5. The van der Waals surface area contributed by atoms with Crippen molar-refractivity contribution < 1.29 is 23.2 Å². The lowest BCUT2D eigenvalue weighted by atomic mass is 9.97. The monoisotopic (exact) mass is 516 g/mol. The van der Waals surface area contributed by atoms with Crippen LogP contribution in [-0.4, -0.2) is 49.8 Å².